The Balaban J connectivity index is 1.60. The zero-order valence-electron chi connectivity index (χ0n) is 20.6. The number of anilines is 1. The highest BCUT2D eigenvalue weighted by atomic mass is 32.1. The molecule has 0 saturated carbocycles. The first kappa shape index (κ1) is 24.7. The summed E-state index contributed by atoms with van der Waals surface area (Å²) in [5.74, 6) is 1.45. The third kappa shape index (κ3) is 5.02. The molecule has 0 unspecified atom stereocenters. The number of likely N-dealkylation sites (tertiary alicyclic amines) is 1. The molecule has 9 nitrogen and oxygen atoms in total. The second-order valence-electron chi connectivity index (χ2n) is 9.18. The van der Waals surface area contributed by atoms with Crippen LogP contribution in [-0.2, 0) is 11.3 Å². The van der Waals surface area contributed by atoms with Crippen molar-refractivity contribution in [2.24, 2.45) is 11.8 Å². The zero-order valence-corrected chi connectivity index (χ0v) is 21.4. The number of rotatable bonds is 6. The van der Waals surface area contributed by atoms with Gasteiger partial charge in [0.1, 0.15) is 22.9 Å². The van der Waals surface area contributed by atoms with Gasteiger partial charge in [0, 0.05) is 19.2 Å². The molecule has 0 aliphatic carbocycles. The van der Waals surface area contributed by atoms with Gasteiger partial charge in [-0.25, -0.2) is 4.98 Å². The summed E-state index contributed by atoms with van der Waals surface area (Å²) in [7, 11) is 3.05. The smallest absolute Gasteiger partial charge is 0.266 e. The number of hydrogen-bond donors (Lipinski definition) is 1. The lowest BCUT2D eigenvalue weighted by molar-refractivity contribution is -0.134. The van der Waals surface area contributed by atoms with Crippen molar-refractivity contribution in [3.63, 3.8) is 0 Å². The number of carbonyl (C=O) groups excluding carboxylic acids is 2. The molecule has 10 heteroatoms. The van der Waals surface area contributed by atoms with Gasteiger partial charge in [0.05, 0.1) is 36.5 Å². The number of methoxy groups -OCH3 is 2. The average Bonchev–Trinajstić information content (AvgIpc) is 3.17. The minimum Gasteiger partial charge on any atom is -0.497 e. The fourth-order valence-electron chi connectivity index (χ4n) is 4.69. The van der Waals surface area contributed by atoms with Gasteiger partial charge < -0.3 is 19.7 Å². The van der Waals surface area contributed by atoms with Crippen LogP contribution in [0.5, 0.6) is 11.5 Å². The number of nitrogens with one attached hydrogen (secondary N) is 1. The van der Waals surface area contributed by atoms with Crippen molar-refractivity contribution < 1.29 is 19.1 Å². The van der Waals surface area contributed by atoms with Crippen LogP contribution in [-0.4, -0.2) is 53.6 Å². The maximum Gasteiger partial charge on any atom is 0.266 e. The normalized spacial score (nSPS) is 17.9. The lowest BCUT2D eigenvalue weighted by Gasteiger charge is -2.35. The summed E-state index contributed by atoms with van der Waals surface area (Å²) in [4.78, 5) is 46.3. The number of ether oxygens (including phenoxy) is 2. The summed E-state index contributed by atoms with van der Waals surface area (Å²) in [6.07, 6.45) is 2.49. The number of hydrogen-bond acceptors (Lipinski definition) is 7. The molecule has 0 bridgehead atoms. The molecule has 4 rings (SSSR count). The lowest BCUT2D eigenvalue weighted by Crippen LogP contribution is -2.44. The SMILES string of the molecule is COc1ccc(OC)c(NC(=O)c2sc3ncn(CC(=O)N4C[C@H](C)C[C@H](C)C4)c(=O)c3c2C)c1. The highest BCUT2D eigenvalue weighted by molar-refractivity contribution is 7.20. The monoisotopic (exact) mass is 498 g/mol. The van der Waals surface area contributed by atoms with Crippen LogP contribution in [0.3, 0.4) is 0 Å². The summed E-state index contributed by atoms with van der Waals surface area (Å²) in [6, 6.07) is 5.10. The number of piperidine rings is 1. The molecule has 3 aromatic rings. The van der Waals surface area contributed by atoms with Crippen molar-refractivity contribution in [1.29, 1.82) is 0 Å². The zero-order chi connectivity index (χ0) is 25.3. The van der Waals surface area contributed by atoms with E-state index in [1.807, 2.05) is 4.90 Å². The van der Waals surface area contributed by atoms with Crippen molar-refractivity contribution in [1.82, 2.24) is 14.5 Å². The molecule has 2 amide bonds. The minimum absolute atomic E-state index is 0.0704. The Bertz CT molecular complexity index is 1320. The van der Waals surface area contributed by atoms with Gasteiger partial charge in [0.2, 0.25) is 5.91 Å². The van der Waals surface area contributed by atoms with E-state index in [2.05, 4.69) is 24.1 Å². The maximum atomic E-state index is 13.3. The summed E-state index contributed by atoms with van der Waals surface area (Å²) in [6.45, 7) is 7.32. The Morgan fingerprint density at radius 2 is 1.89 bits per heavy atom. The number of fused-ring (bicyclic) bond motifs is 1. The summed E-state index contributed by atoms with van der Waals surface area (Å²) in [5.41, 5.74) is 0.659. The fraction of sp³-hybridized carbons (Fsp3) is 0.440. The molecule has 1 fully saturated rings. The molecule has 1 saturated heterocycles. The van der Waals surface area contributed by atoms with E-state index in [-0.39, 0.29) is 23.9 Å². The van der Waals surface area contributed by atoms with Gasteiger partial charge in [-0.05, 0) is 42.9 Å². The predicted molar refractivity (Wildman–Crippen MR) is 136 cm³/mol. The largest absolute Gasteiger partial charge is 0.497 e. The van der Waals surface area contributed by atoms with Crippen molar-refractivity contribution in [2.75, 3.05) is 32.6 Å². The quantitative estimate of drug-likeness (QED) is 0.558. The number of aryl methyl sites for hydroxylation is 1. The van der Waals surface area contributed by atoms with E-state index >= 15 is 0 Å². The molecule has 0 spiro atoms. The predicted octanol–water partition coefficient (Wildman–Crippen LogP) is 3.54. The van der Waals surface area contributed by atoms with E-state index in [1.54, 1.807) is 25.1 Å². The number of benzene rings is 1. The standard InChI is InChI=1S/C25H30N4O5S/c1-14-8-15(2)11-28(10-14)20(30)12-29-13-26-24-21(25(29)32)16(3)22(35-24)23(31)27-18-9-17(33-4)6-7-19(18)34-5/h6-7,9,13-15H,8,10-12H2,1-5H3,(H,27,31)/t14-,15+. The Kier molecular flexibility index (Phi) is 7.11. The van der Waals surface area contributed by atoms with Crippen LogP contribution < -0.4 is 20.3 Å². The third-order valence-electron chi connectivity index (χ3n) is 6.31. The molecule has 1 aliphatic rings. The van der Waals surface area contributed by atoms with Crippen molar-refractivity contribution in [3.05, 3.63) is 45.3 Å². The first-order valence-corrected chi connectivity index (χ1v) is 12.3. The molecule has 2 aromatic heterocycles. The highest BCUT2D eigenvalue weighted by Crippen LogP contribution is 2.32. The fourth-order valence-corrected chi connectivity index (χ4v) is 5.73. The molecule has 0 radical (unpaired) electrons. The molecular formula is C25H30N4O5S. The topological polar surface area (TPSA) is 103 Å². The number of aromatic nitrogens is 2. The Morgan fingerprint density at radius 1 is 1.17 bits per heavy atom. The van der Waals surface area contributed by atoms with E-state index in [0.717, 1.165) is 17.8 Å². The molecule has 35 heavy (non-hydrogen) atoms. The highest BCUT2D eigenvalue weighted by Gasteiger charge is 2.26. The average molecular weight is 499 g/mol. The molecule has 1 aliphatic heterocycles. The lowest BCUT2D eigenvalue weighted by atomic mass is 9.92. The molecule has 2 atom stereocenters. The van der Waals surface area contributed by atoms with E-state index < -0.39 is 0 Å². The molecule has 186 valence electrons. The van der Waals surface area contributed by atoms with E-state index in [0.29, 0.717) is 62.8 Å². The van der Waals surface area contributed by atoms with Crippen molar-refractivity contribution in [3.8, 4) is 11.5 Å². The van der Waals surface area contributed by atoms with Crippen LogP contribution in [0.25, 0.3) is 10.2 Å². The van der Waals surface area contributed by atoms with Crippen molar-refractivity contribution in [2.45, 2.75) is 33.7 Å². The van der Waals surface area contributed by atoms with Crippen LogP contribution in [0.4, 0.5) is 5.69 Å². The third-order valence-corrected chi connectivity index (χ3v) is 7.50. The summed E-state index contributed by atoms with van der Waals surface area (Å²) >= 11 is 1.14. The molecular weight excluding hydrogens is 468 g/mol. The number of nitrogens with zero attached hydrogens (tertiary/aromatic N) is 3. The van der Waals surface area contributed by atoms with Crippen LogP contribution in [0.2, 0.25) is 0 Å². The van der Waals surface area contributed by atoms with Gasteiger partial charge in [-0.3, -0.25) is 19.0 Å². The van der Waals surface area contributed by atoms with Gasteiger partial charge in [0.15, 0.2) is 0 Å². The number of carbonyl (C=O) groups is 2. The van der Waals surface area contributed by atoms with Crippen LogP contribution in [0.15, 0.2) is 29.3 Å². The Hall–Kier alpha value is -3.40. The Morgan fingerprint density at radius 3 is 2.54 bits per heavy atom. The van der Waals surface area contributed by atoms with Gasteiger partial charge in [-0.1, -0.05) is 13.8 Å². The Labute approximate surface area is 207 Å². The summed E-state index contributed by atoms with van der Waals surface area (Å²) < 4.78 is 11.9. The van der Waals surface area contributed by atoms with Gasteiger partial charge >= 0.3 is 0 Å². The van der Waals surface area contributed by atoms with Crippen LogP contribution in [0, 0.1) is 18.8 Å². The van der Waals surface area contributed by atoms with E-state index in [9.17, 15) is 14.4 Å². The van der Waals surface area contributed by atoms with E-state index in [1.165, 1.54) is 25.1 Å². The minimum atomic E-state index is -0.379. The maximum absolute atomic E-state index is 13.3. The first-order valence-electron chi connectivity index (χ1n) is 11.5. The second kappa shape index (κ2) is 10.1. The molecule has 3 heterocycles. The number of amides is 2. The summed E-state index contributed by atoms with van der Waals surface area (Å²) in [5, 5.41) is 3.20. The van der Waals surface area contributed by atoms with Gasteiger partial charge in [-0.2, -0.15) is 0 Å². The molecule has 1 aromatic carbocycles. The van der Waals surface area contributed by atoms with Crippen LogP contribution in [0.1, 0.15) is 35.5 Å². The molecule has 1 N–H and O–H groups in total. The first-order chi connectivity index (χ1) is 16.7. The van der Waals surface area contributed by atoms with Crippen LogP contribution >= 0.6 is 11.3 Å². The van der Waals surface area contributed by atoms with Gasteiger partial charge in [0.25, 0.3) is 11.5 Å². The van der Waals surface area contributed by atoms with Crippen molar-refractivity contribution >= 4 is 39.1 Å². The van der Waals surface area contributed by atoms with Gasteiger partial charge in [-0.15, -0.1) is 11.3 Å². The second-order valence-corrected chi connectivity index (χ2v) is 10.2. The number of thiophene rings is 1. The van der Waals surface area contributed by atoms with E-state index in [4.69, 9.17) is 9.47 Å².